The summed E-state index contributed by atoms with van der Waals surface area (Å²) in [6.45, 7) is 0.374. The maximum Gasteiger partial charge on any atom is 0.323 e. The molecule has 2 aliphatic rings. The van der Waals surface area contributed by atoms with Gasteiger partial charge in [-0.1, -0.05) is 19.3 Å². The van der Waals surface area contributed by atoms with Crippen LogP contribution in [0.5, 0.6) is 0 Å². The van der Waals surface area contributed by atoms with Crippen molar-refractivity contribution in [3.8, 4) is 0 Å². The second-order valence-electron chi connectivity index (χ2n) is 5.83. The topological polar surface area (TPSA) is 83.6 Å². The highest BCUT2D eigenvalue weighted by Crippen LogP contribution is 2.34. The van der Waals surface area contributed by atoms with Crippen LogP contribution in [-0.4, -0.2) is 41.0 Å². The molecule has 2 atom stereocenters. The van der Waals surface area contributed by atoms with Crippen molar-refractivity contribution in [3.05, 3.63) is 0 Å². The highest BCUT2D eigenvalue weighted by Gasteiger charge is 2.38. The molecule has 2 aliphatic carbocycles. The van der Waals surface area contributed by atoms with Gasteiger partial charge in [-0.3, -0.25) is 9.59 Å². The van der Waals surface area contributed by atoms with Crippen molar-refractivity contribution in [3.63, 3.8) is 0 Å². The molecule has 2 fully saturated rings. The van der Waals surface area contributed by atoms with Gasteiger partial charge in [0.1, 0.15) is 6.54 Å². The molecule has 0 radical (unpaired) electrons. The zero-order chi connectivity index (χ0) is 13.8. The molecule has 2 rings (SSSR count). The first-order valence-electron chi connectivity index (χ1n) is 7.35. The quantitative estimate of drug-likeness (QED) is 0.785. The molecule has 0 saturated heterocycles. The van der Waals surface area contributed by atoms with Crippen LogP contribution in [-0.2, 0) is 9.59 Å². The molecular weight excluding hydrogens is 244 g/mol. The number of nitrogens with zero attached hydrogens (tertiary/aromatic N) is 1. The van der Waals surface area contributed by atoms with E-state index in [-0.39, 0.29) is 30.3 Å². The summed E-state index contributed by atoms with van der Waals surface area (Å²) in [4.78, 5) is 25.3. The fourth-order valence-corrected chi connectivity index (χ4v) is 3.61. The Hall–Kier alpha value is -1.10. The minimum absolute atomic E-state index is 0.0299. The van der Waals surface area contributed by atoms with E-state index >= 15 is 0 Å². The molecule has 2 unspecified atom stereocenters. The Morgan fingerprint density at radius 3 is 2.37 bits per heavy atom. The third kappa shape index (κ3) is 3.26. The first-order valence-corrected chi connectivity index (χ1v) is 7.35. The predicted octanol–water partition coefficient (Wildman–Crippen LogP) is 1.22. The van der Waals surface area contributed by atoms with Crippen LogP contribution < -0.4 is 5.73 Å². The van der Waals surface area contributed by atoms with E-state index in [9.17, 15) is 9.59 Å². The highest BCUT2D eigenvalue weighted by molar-refractivity contribution is 5.84. The van der Waals surface area contributed by atoms with Gasteiger partial charge in [-0.25, -0.2) is 0 Å². The zero-order valence-electron chi connectivity index (χ0n) is 11.4. The molecule has 2 saturated carbocycles. The smallest absolute Gasteiger partial charge is 0.323 e. The van der Waals surface area contributed by atoms with Gasteiger partial charge < -0.3 is 15.7 Å². The molecule has 19 heavy (non-hydrogen) atoms. The minimum atomic E-state index is -0.914. The van der Waals surface area contributed by atoms with E-state index in [1.54, 1.807) is 4.90 Å². The number of hydrogen-bond acceptors (Lipinski definition) is 3. The number of carboxylic acid groups (broad SMARTS) is 1. The van der Waals surface area contributed by atoms with Gasteiger partial charge in [0.2, 0.25) is 5.91 Å². The molecule has 0 aliphatic heterocycles. The average molecular weight is 268 g/mol. The van der Waals surface area contributed by atoms with Gasteiger partial charge in [-0.05, 0) is 38.1 Å². The summed E-state index contributed by atoms with van der Waals surface area (Å²) < 4.78 is 0. The van der Waals surface area contributed by atoms with Crippen molar-refractivity contribution in [2.24, 2.45) is 17.6 Å². The molecule has 0 bridgehead atoms. The summed E-state index contributed by atoms with van der Waals surface area (Å²) in [6.07, 6.45) is 6.97. The number of aliphatic carboxylic acids is 1. The van der Waals surface area contributed by atoms with Crippen LogP contribution in [0.15, 0.2) is 0 Å². The van der Waals surface area contributed by atoms with Gasteiger partial charge in [0, 0.05) is 12.0 Å². The van der Waals surface area contributed by atoms with E-state index in [1.807, 2.05) is 0 Å². The predicted molar refractivity (Wildman–Crippen MR) is 71.5 cm³/mol. The van der Waals surface area contributed by atoms with Crippen molar-refractivity contribution >= 4 is 11.9 Å². The van der Waals surface area contributed by atoms with Crippen LogP contribution in [0.25, 0.3) is 0 Å². The van der Waals surface area contributed by atoms with Crippen molar-refractivity contribution < 1.29 is 14.7 Å². The molecule has 0 spiro atoms. The van der Waals surface area contributed by atoms with Crippen LogP contribution in [0.3, 0.4) is 0 Å². The van der Waals surface area contributed by atoms with Crippen molar-refractivity contribution in [2.75, 3.05) is 13.1 Å². The van der Waals surface area contributed by atoms with Gasteiger partial charge in [0.15, 0.2) is 0 Å². The van der Waals surface area contributed by atoms with Crippen molar-refractivity contribution in [1.82, 2.24) is 4.90 Å². The maximum atomic E-state index is 12.6. The average Bonchev–Trinajstić information content (AvgIpc) is 3.05. The third-order valence-corrected chi connectivity index (χ3v) is 4.63. The lowest BCUT2D eigenvalue weighted by Crippen LogP contribution is -2.46. The van der Waals surface area contributed by atoms with Crippen LogP contribution >= 0.6 is 0 Å². The van der Waals surface area contributed by atoms with Gasteiger partial charge in [0.05, 0.1) is 0 Å². The molecule has 3 N–H and O–H groups in total. The fraction of sp³-hybridized carbons (Fsp3) is 0.857. The SMILES string of the molecule is NCC1CCCC1C(=O)N(CC(=O)O)C1CCCC1. The van der Waals surface area contributed by atoms with E-state index in [1.165, 1.54) is 0 Å². The Kier molecular flexibility index (Phi) is 4.80. The number of carbonyl (C=O) groups excluding carboxylic acids is 1. The van der Waals surface area contributed by atoms with E-state index < -0.39 is 5.97 Å². The second-order valence-corrected chi connectivity index (χ2v) is 5.83. The molecular formula is C14H24N2O3. The van der Waals surface area contributed by atoms with Crippen LogP contribution in [0, 0.1) is 11.8 Å². The molecule has 0 aromatic carbocycles. The maximum absolute atomic E-state index is 12.6. The number of rotatable bonds is 5. The first kappa shape index (κ1) is 14.3. The molecule has 0 aromatic rings. The lowest BCUT2D eigenvalue weighted by Gasteiger charge is -2.31. The Bertz CT molecular complexity index is 340. The minimum Gasteiger partial charge on any atom is -0.480 e. The summed E-state index contributed by atoms with van der Waals surface area (Å²) in [7, 11) is 0. The van der Waals surface area contributed by atoms with Crippen LogP contribution in [0.4, 0.5) is 0 Å². The molecule has 1 amide bonds. The van der Waals surface area contributed by atoms with Gasteiger partial charge >= 0.3 is 5.97 Å². The summed E-state index contributed by atoms with van der Waals surface area (Å²) >= 11 is 0. The van der Waals surface area contributed by atoms with Gasteiger partial charge in [-0.15, -0.1) is 0 Å². The van der Waals surface area contributed by atoms with E-state index in [0.29, 0.717) is 6.54 Å². The molecule has 108 valence electrons. The van der Waals surface area contributed by atoms with E-state index in [4.69, 9.17) is 10.8 Å². The Morgan fingerprint density at radius 1 is 1.11 bits per heavy atom. The molecule has 5 heteroatoms. The fourth-order valence-electron chi connectivity index (χ4n) is 3.61. The van der Waals surface area contributed by atoms with Gasteiger partial charge in [-0.2, -0.15) is 0 Å². The lowest BCUT2D eigenvalue weighted by atomic mass is 9.94. The number of amides is 1. The normalized spacial score (nSPS) is 27.6. The largest absolute Gasteiger partial charge is 0.480 e. The van der Waals surface area contributed by atoms with E-state index in [0.717, 1.165) is 44.9 Å². The molecule has 5 nitrogen and oxygen atoms in total. The molecule has 0 aromatic heterocycles. The van der Waals surface area contributed by atoms with Crippen LogP contribution in [0.1, 0.15) is 44.9 Å². The van der Waals surface area contributed by atoms with Gasteiger partial charge in [0.25, 0.3) is 0 Å². The number of carbonyl (C=O) groups is 2. The van der Waals surface area contributed by atoms with Crippen LogP contribution in [0.2, 0.25) is 0 Å². The summed E-state index contributed by atoms with van der Waals surface area (Å²) in [6, 6.07) is 0.127. The summed E-state index contributed by atoms with van der Waals surface area (Å²) in [5.41, 5.74) is 5.73. The second kappa shape index (κ2) is 6.37. The Morgan fingerprint density at radius 2 is 1.79 bits per heavy atom. The Labute approximate surface area is 114 Å². The number of hydrogen-bond donors (Lipinski definition) is 2. The first-order chi connectivity index (χ1) is 9.13. The standard InChI is InChI=1S/C14H24N2O3/c15-8-10-4-3-7-12(10)14(19)16(9-13(17)18)11-5-1-2-6-11/h10-12H,1-9,15H2,(H,17,18). The lowest BCUT2D eigenvalue weighted by molar-refractivity contribution is -0.148. The van der Waals surface area contributed by atoms with E-state index in [2.05, 4.69) is 0 Å². The molecule has 0 heterocycles. The number of carboxylic acids is 1. The number of nitrogens with two attached hydrogens (primary N) is 1. The third-order valence-electron chi connectivity index (χ3n) is 4.63. The highest BCUT2D eigenvalue weighted by atomic mass is 16.4. The summed E-state index contributed by atoms with van der Waals surface area (Å²) in [5, 5.41) is 9.04. The van der Waals surface area contributed by atoms with Crippen molar-refractivity contribution in [1.29, 1.82) is 0 Å². The monoisotopic (exact) mass is 268 g/mol. The summed E-state index contributed by atoms with van der Waals surface area (Å²) in [5.74, 6) is -0.694. The zero-order valence-corrected chi connectivity index (χ0v) is 11.4. The Balaban J connectivity index is 2.07. The van der Waals surface area contributed by atoms with Crippen molar-refractivity contribution in [2.45, 2.75) is 51.0 Å².